The molecule has 1 unspecified atom stereocenters. The van der Waals surface area contributed by atoms with Gasteiger partial charge in [0.25, 0.3) is 5.92 Å². The van der Waals surface area contributed by atoms with Crippen molar-refractivity contribution in [2.45, 2.75) is 17.2 Å². The molecule has 0 spiro atoms. The summed E-state index contributed by atoms with van der Waals surface area (Å²) in [4.78, 5) is -0.0168. The summed E-state index contributed by atoms with van der Waals surface area (Å²) in [6.45, 7) is 0. The zero-order valence-electron chi connectivity index (χ0n) is 8.68. The quantitative estimate of drug-likeness (QED) is 0.596. The molecule has 17 heavy (non-hydrogen) atoms. The highest BCUT2D eigenvalue weighted by molar-refractivity contribution is 9.09. The number of rotatable bonds is 0. The molecule has 1 atom stereocenters. The molecule has 0 bridgehead atoms. The zero-order chi connectivity index (χ0) is 12.2. The van der Waals surface area contributed by atoms with Gasteiger partial charge in [0, 0.05) is 21.0 Å². The van der Waals surface area contributed by atoms with E-state index < -0.39 is 5.92 Å². The minimum Gasteiger partial charge on any atom is -0.196 e. The van der Waals surface area contributed by atoms with E-state index in [0.717, 1.165) is 0 Å². The third-order valence-electron chi connectivity index (χ3n) is 3.19. The first-order chi connectivity index (χ1) is 8.00. The fourth-order valence-corrected chi connectivity index (χ4v) is 3.05. The number of halogens is 4. The summed E-state index contributed by atoms with van der Waals surface area (Å²) in [7, 11) is 0. The van der Waals surface area contributed by atoms with Gasteiger partial charge in [-0.15, -0.1) is 0 Å². The summed E-state index contributed by atoms with van der Waals surface area (Å²) in [5.74, 6) is -2.90. The molecule has 2 aliphatic rings. The minimum atomic E-state index is -2.90. The second kappa shape index (κ2) is 3.66. The van der Waals surface area contributed by atoms with Gasteiger partial charge in [-0.1, -0.05) is 45.7 Å². The molecule has 2 aliphatic carbocycles. The molecule has 0 aliphatic heterocycles. The topological polar surface area (TPSA) is 0 Å². The van der Waals surface area contributed by atoms with E-state index in [9.17, 15) is 8.78 Å². The Balaban J connectivity index is 2.23. The number of hydrogen-bond donors (Lipinski definition) is 0. The van der Waals surface area contributed by atoms with Gasteiger partial charge in [-0.2, -0.15) is 8.78 Å². The molecule has 88 valence electrons. The molecule has 0 N–H and O–H groups in total. The van der Waals surface area contributed by atoms with E-state index in [1.807, 2.05) is 6.08 Å². The molecule has 0 radical (unpaired) electrons. The first-order valence-electron chi connectivity index (χ1n) is 5.24. The number of allylic oxidation sites excluding steroid dienone is 4. The van der Waals surface area contributed by atoms with Crippen LogP contribution in [0, 0.1) is 0 Å². The fourth-order valence-electron chi connectivity index (χ4n) is 2.40. The number of alkyl halides is 3. The predicted molar refractivity (Wildman–Crippen MR) is 68.7 cm³/mol. The molecule has 3 rings (SSSR count). The Morgan fingerprint density at radius 2 is 2.12 bits per heavy atom. The molecule has 0 nitrogen and oxygen atoms in total. The van der Waals surface area contributed by atoms with Gasteiger partial charge >= 0.3 is 0 Å². The van der Waals surface area contributed by atoms with Crippen molar-refractivity contribution < 1.29 is 8.78 Å². The van der Waals surface area contributed by atoms with Crippen LogP contribution in [-0.2, 0) is 5.92 Å². The molecular formula is C13H8BrClF2. The Kier molecular flexibility index (Phi) is 2.46. The monoisotopic (exact) mass is 316 g/mol. The van der Waals surface area contributed by atoms with Gasteiger partial charge in [-0.05, 0) is 29.7 Å². The third kappa shape index (κ3) is 1.59. The highest BCUT2D eigenvalue weighted by Gasteiger charge is 2.46. The van der Waals surface area contributed by atoms with Gasteiger partial charge in [-0.3, -0.25) is 0 Å². The Labute approximate surface area is 111 Å². The van der Waals surface area contributed by atoms with Crippen LogP contribution in [-0.4, -0.2) is 4.83 Å². The lowest BCUT2D eigenvalue weighted by Gasteiger charge is -2.19. The third-order valence-corrected chi connectivity index (χ3v) is 4.05. The van der Waals surface area contributed by atoms with Gasteiger partial charge in [0.1, 0.15) is 0 Å². The van der Waals surface area contributed by atoms with Crippen molar-refractivity contribution in [3.63, 3.8) is 0 Å². The molecule has 1 aromatic carbocycles. The average Bonchev–Trinajstić information content (AvgIpc) is 2.49. The van der Waals surface area contributed by atoms with Gasteiger partial charge in [0.2, 0.25) is 0 Å². The molecule has 1 aromatic rings. The summed E-state index contributed by atoms with van der Waals surface area (Å²) in [5, 5.41) is 0.350. The van der Waals surface area contributed by atoms with E-state index in [2.05, 4.69) is 15.9 Å². The highest BCUT2D eigenvalue weighted by Crippen LogP contribution is 2.53. The smallest absolute Gasteiger partial charge is 0.196 e. The van der Waals surface area contributed by atoms with Gasteiger partial charge < -0.3 is 0 Å². The van der Waals surface area contributed by atoms with Crippen LogP contribution in [0.4, 0.5) is 8.78 Å². The first kappa shape index (κ1) is 11.4. The maximum atomic E-state index is 14.3. The van der Waals surface area contributed by atoms with Crippen LogP contribution in [0.3, 0.4) is 0 Å². The van der Waals surface area contributed by atoms with Gasteiger partial charge in [0.05, 0.1) is 0 Å². The molecule has 0 saturated heterocycles. The van der Waals surface area contributed by atoms with Crippen LogP contribution >= 0.6 is 27.5 Å². The zero-order valence-corrected chi connectivity index (χ0v) is 11.0. The summed E-state index contributed by atoms with van der Waals surface area (Å²) < 4.78 is 28.5. The van der Waals surface area contributed by atoms with E-state index in [4.69, 9.17) is 11.6 Å². The van der Waals surface area contributed by atoms with Crippen molar-refractivity contribution in [3.8, 4) is 0 Å². The fraction of sp³-hybridized carbons (Fsp3) is 0.231. The minimum absolute atomic E-state index is 0.0168. The van der Waals surface area contributed by atoms with Crippen molar-refractivity contribution in [1.29, 1.82) is 0 Å². The average molecular weight is 318 g/mol. The first-order valence-corrected chi connectivity index (χ1v) is 6.53. The maximum absolute atomic E-state index is 14.3. The molecular weight excluding hydrogens is 309 g/mol. The SMILES string of the molecule is FC1(F)C2=C(C=CC(Br)C2)c2ccc(Cl)cc21. The number of hydrogen-bond acceptors (Lipinski definition) is 0. The van der Waals surface area contributed by atoms with E-state index in [0.29, 0.717) is 22.6 Å². The normalized spacial score (nSPS) is 24.8. The Bertz CT molecular complexity index is 561. The lowest BCUT2D eigenvalue weighted by molar-refractivity contribution is 0.0387. The summed E-state index contributed by atoms with van der Waals surface area (Å²) in [6, 6.07) is 4.69. The van der Waals surface area contributed by atoms with Crippen LogP contribution < -0.4 is 0 Å². The van der Waals surface area contributed by atoms with Crippen LogP contribution in [0.5, 0.6) is 0 Å². The Hall–Kier alpha value is -0.670. The molecule has 0 heterocycles. The lowest BCUT2D eigenvalue weighted by atomic mass is 9.97. The van der Waals surface area contributed by atoms with Crippen LogP contribution in [0.2, 0.25) is 5.02 Å². The van der Waals surface area contributed by atoms with E-state index in [1.165, 1.54) is 6.07 Å². The van der Waals surface area contributed by atoms with Crippen LogP contribution in [0.1, 0.15) is 17.5 Å². The Morgan fingerprint density at radius 3 is 2.88 bits per heavy atom. The lowest BCUT2D eigenvalue weighted by Crippen LogP contribution is -2.16. The van der Waals surface area contributed by atoms with Crippen molar-refractivity contribution >= 4 is 33.1 Å². The standard InChI is InChI=1S/C13H8BrClF2/c14-7-1-3-9-10-4-2-8(15)6-12(10)13(16,17)11(9)5-7/h1-4,6-7H,5H2. The second-order valence-corrected chi connectivity index (χ2v) is 5.85. The molecule has 0 aromatic heterocycles. The maximum Gasteiger partial charge on any atom is 0.296 e. The summed E-state index contributed by atoms with van der Waals surface area (Å²) in [6.07, 6.45) is 4.01. The second-order valence-electron chi connectivity index (χ2n) is 4.24. The predicted octanol–water partition coefficient (Wildman–Crippen LogP) is 4.92. The van der Waals surface area contributed by atoms with Crippen LogP contribution in [0.25, 0.3) is 5.57 Å². The van der Waals surface area contributed by atoms with Gasteiger partial charge in [-0.25, -0.2) is 0 Å². The summed E-state index contributed by atoms with van der Waals surface area (Å²) in [5.41, 5.74) is 1.47. The van der Waals surface area contributed by atoms with E-state index in [-0.39, 0.29) is 16.0 Å². The van der Waals surface area contributed by atoms with Gasteiger partial charge in [0.15, 0.2) is 0 Å². The van der Waals surface area contributed by atoms with Crippen molar-refractivity contribution in [2.75, 3.05) is 0 Å². The van der Waals surface area contributed by atoms with E-state index >= 15 is 0 Å². The molecule has 0 saturated carbocycles. The Morgan fingerprint density at radius 1 is 1.35 bits per heavy atom. The van der Waals surface area contributed by atoms with E-state index in [1.54, 1.807) is 18.2 Å². The number of fused-ring (bicyclic) bond motifs is 2. The van der Waals surface area contributed by atoms with Crippen molar-refractivity contribution in [1.82, 2.24) is 0 Å². The van der Waals surface area contributed by atoms with Crippen LogP contribution in [0.15, 0.2) is 35.9 Å². The highest BCUT2D eigenvalue weighted by atomic mass is 79.9. The number of benzene rings is 1. The molecule has 0 fully saturated rings. The summed E-state index contributed by atoms with van der Waals surface area (Å²) >= 11 is 9.15. The van der Waals surface area contributed by atoms with Crippen molar-refractivity contribution in [2.24, 2.45) is 0 Å². The molecule has 4 heteroatoms. The molecule has 0 amide bonds. The van der Waals surface area contributed by atoms with Crippen molar-refractivity contribution in [3.05, 3.63) is 52.1 Å². The largest absolute Gasteiger partial charge is 0.296 e.